The van der Waals surface area contributed by atoms with E-state index in [2.05, 4.69) is 10.7 Å². The fourth-order valence-corrected chi connectivity index (χ4v) is 4.02. The van der Waals surface area contributed by atoms with Crippen molar-refractivity contribution in [3.8, 4) is 33.5 Å². The molecule has 0 spiro atoms. The molecule has 0 radical (unpaired) electrons. The molecular weight excluding hydrogens is 446 g/mol. The summed E-state index contributed by atoms with van der Waals surface area (Å²) in [5.74, 6) is 0. The van der Waals surface area contributed by atoms with Gasteiger partial charge in [-0.05, 0) is 48.0 Å². The molecular formula is C28H24ClN3O2. The monoisotopic (exact) mass is 469 g/mol. The van der Waals surface area contributed by atoms with Gasteiger partial charge in [0.1, 0.15) is 0 Å². The van der Waals surface area contributed by atoms with Gasteiger partial charge in [-0.3, -0.25) is 4.79 Å². The number of nitrogens with zero attached hydrogens (tertiary/aromatic N) is 1. The largest absolute Gasteiger partial charge is 0.392 e. The molecule has 0 aliphatic rings. The summed E-state index contributed by atoms with van der Waals surface area (Å²) in [5, 5.41) is 10.7. The van der Waals surface area contributed by atoms with Gasteiger partial charge in [0.05, 0.1) is 23.2 Å². The van der Waals surface area contributed by atoms with Crippen molar-refractivity contribution in [3.63, 3.8) is 0 Å². The topological polar surface area (TPSA) is 92.0 Å². The van der Waals surface area contributed by atoms with Crippen LogP contribution in [0.15, 0.2) is 95.9 Å². The van der Waals surface area contributed by atoms with Gasteiger partial charge in [0.25, 0.3) is 5.56 Å². The molecule has 5 rings (SSSR count). The number of H-pyrrole nitrogens is 1. The summed E-state index contributed by atoms with van der Waals surface area (Å²) in [6.07, 6.45) is 1.68. The van der Waals surface area contributed by atoms with Crippen molar-refractivity contribution in [1.29, 1.82) is 0 Å². The molecule has 6 heteroatoms. The summed E-state index contributed by atoms with van der Waals surface area (Å²) in [4.78, 5) is 20.7. The van der Waals surface area contributed by atoms with Crippen LogP contribution in [0, 0.1) is 0 Å². The van der Waals surface area contributed by atoms with E-state index < -0.39 is 0 Å². The molecule has 3 aromatic carbocycles. The van der Waals surface area contributed by atoms with Gasteiger partial charge in [0.2, 0.25) is 0 Å². The van der Waals surface area contributed by atoms with Crippen LogP contribution in [0.1, 0.15) is 5.56 Å². The van der Waals surface area contributed by atoms with Gasteiger partial charge in [-0.25, -0.2) is 4.98 Å². The quantitative estimate of drug-likeness (QED) is 0.317. The minimum absolute atomic E-state index is 0.0588. The van der Waals surface area contributed by atoms with Crippen LogP contribution in [0.2, 0.25) is 5.02 Å². The lowest BCUT2D eigenvalue weighted by Gasteiger charge is -2.14. The molecule has 0 saturated heterocycles. The van der Waals surface area contributed by atoms with Crippen molar-refractivity contribution in [3.05, 3.63) is 112 Å². The van der Waals surface area contributed by atoms with E-state index in [4.69, 9.17) is 16.6 Å². The molecule has 0 atom stereocenters. The molecule has 5 nitrogen and oxygen atoms in total. The number of rotatable bonds is 4. The molecule has 5 aromatic rings. The summed E-state index contributed by atoms with van der Waals surface area (Å²) >= 11 is 6.12. The Morgan fingerprint density at radius 1 is 0.853 bits per heavy atom. The third-order valence-electron chi connectivity index (χ3n) is 5.49. The van der Waals surface area contributed by atoms with Gasteiger partial charge in [0, 0.05) is 27.9 Å². The first-order valence-electron chi connectivity index (χ1n) is 10.8. The summed E-state index contributed by atoms with van der Waals surface area (Å²) in [6.45, 7) is -0.0588. The average molecular weight is 470 g/mol. The molecule has 0 fully saturated rings. The van der Waals surface area contributed by atoms with Crippen LogP contribution in [0.4, 0.5) is 0 Å². The van der Waals surface area contributed by atoms with E-state index >= 15 is 0 Å². The molecule has 0 aliphatic carbocycles. The number of benzene rings is 3. The Bertz CT molecular complexity index is 1480. The zero-order valence-corrected chi connectivity index (χ0v) is 19.4. The Morgan fingerprint density at radius 2 is 1.56 bits per heavy atom. The maximum Gasteiger partial charge on any atom is 0.257 e. The SMILES string of the molecule is CN.O=c1[nH]cc(-c2cccc(CO)c2)c2nc(-c3ccc(Cl)cc3)c(-c3ccccc3)cc12. The first-order chi connectivity index (χ1) is 16.6. The number of nitrogens with one attached hydrogen (secondary N) is 1. The molecule has 4 N–H and O–H groups in total. The molecule has 0 unspecified atom stereocenters. The van der Waals surface area contributed by atoms with Crippen molar-refractivity contribution in [2.45, 2.75) is 6.61 Å². The molecule has 2 aromatic heterocycles. The number of halogens is 1. The third kappa shape index (κ3) is 4.63. The molecule has 34 heavy (non-hydrogen) atoms. The first-order valence-corrected chi connectivity index (χ1v) is 11.2. The maximum atomic E-state index is 12.8. The normalized spacial score (nSPS) is 10.6. The minimum atomic E-state index is -0.200. The number of aromatic amines is 1. The number of aromatic nitrogens is 2. The van der Waals surface area contributed by atoms with E-state index in [0.29, 0.717) is 15.9 Å². The highest BCUT2D eigenvalue weighted by molar-refractivity contribution is 6.30. The Kier molecular flexibility index (Phi) is 7.18. The molecule has 0 bridgehead atoms. The smallest absolute Gasteiger partial charge is 0.257 e. The highest BCUT2D eigenvalue weighted by atomic mass is 35.5. The minimum Gasteiger partial charge on any atom is -0.392 e. The van der Waals surface area contributed by atoms with Crippen LogP contribution < -0.4 is 11.3 Å². The van der Waals surface area contributed by atoms with Crippen molar-refractivity contribution in [2.75, 3.05) is 7.05 Å². The van der Waals surface area contributed by atoms with E-state index in [0.717, 1.165) is 39.1 Å². The van der Waals surface area contributed by atoms with Crippen molar-refractivity contribution in [2.24, 2.45) is 5.73 Å². The number of pyridine rings is 2. The predicted molar refractivity (Wildman–Crippen MR) is 140 cm³/mol. The average Bonchev–Trinajstić information content (AvgIpc) is 2.90. The summed E-state index contributed by atoms with van der Waals surface area (Å²) < 4.78 is 0. The number of aliphatic hydroxyl groups is 1. The Labute approximate surface area is 202 Å². The van der Waals surface area contributed by atoms with Crippen LogP contribution in [0.25, 0.3) is 44.4 Å². The van der Waals surface area contributed by atoms with Crippen LogP contribution in [0.5, 0.6) is 0 Å². The molecule has 0 saturated carbocycles. The van der Waals surface area contributed by atoms with Crippen LogP contribution in [-0.4, -0.2) is 22.1 Å². The zero-order valence-electron chi connectivity index (χ0n) is 18.6. The van der Waals surface area contributed by atoms with Gasteiger partial charge in [0.15, 0.2) is 0 Å². The van der Waals surface area contributed by atoms with E-state index in [-0.39, 0.29) is 12.2 Å². The maximum absolute atomic E-state index is 12.8. The summed E-state index contributed by atoms with van der Waals surface area (Å²) in [5.41, 5.74) is 10.9. The number of hydrogen-bond acceptors (Lipinski definition) is 4. The Hall–Kier alpha value is -3.77. The van der Waals surface area contributed by atoms with Crippen LogP contribution in [0.3, 0.4) is 0 Å². The van der Waals surface area contributed by atoms with E-state index in [1.54, 1.807) is 6.20 Å². The molecule has 2 heterocycles. The summed E-state index contributed by atoms with van der Waals surface area (Å²) in [7, 11) is 1.50. The van der Waals surface area contributed by atoms with Gasteiger partial charge in [-0.2, -0.15) is 0 Å². The first kappa shape index (κ1) is 23.4. The number of hydrogen-bond donors (Lipinski definition) is 3. The third-order valence-corrected chi connectivity index (χ3v) is 5.74. The standard InChI is InChI=1S/C27H19ClN2O2.CH5N/c28-21-11-9-19(10-12-21)25-22(18-6-2-1-3-7-18)14-23-26(30-25)24(15-29-27(23)32)20-8-4-5-17(13-20)16-31;1-2/h1-15,31H,16H2,(H,29,32);2H2,1H3. The molecule has 0 amide bonds. The van der Waals surface area contributed by atoms with E-state index in [1.807, 2.05) is 84.9 Å². The second-order valence-electron chi connectivity index (χ2n) is 7.54. The lowest BCUT2D eigenvalue weighted by atomic mass is 9.96. The van der Waals surface area contributed by atoms with Crippen molar-refractivity contribution < 1.29 is 5.11 Å². The van der Waals surface area contributed by atoms with E-state index in [1.165, 1.54) is 7.05 Å². The van der Waals surface area contributed by atoms with Crippen LogP contribution in [-0.2, 0) is 6.61 Å². The van der Waals surface area contributed by atoms with Crippen LogP contribution >= 0.6 is 11.6 Å². The van der Waals surface area contributed by atoms with Gasteiger partial charge in [-0.15, -0.1) is 0 Å². The van der Waals surface area contributed by atoms with Gasteiger partial charge < -0.3 is 15.8 Å². The van der Waals surface area contributed by atoms with Crippen molar-refractivity contribution >= 4 is 22.5 Å². The van der Waals surface area contributed by atoms with E-state index in [9.17, 15) is 9.90 Å². The number of nitrogens with two attached hydrogens (primary N) is 1. The Balaban J connectivity index is 0.00000133. The number of aliphatic hydroxyl groups excluding tert-OH is 1. The van der Waals surface area contributed by atoms with Gasteiger partial charge >= 0.3 is 0 Å². The second kappa shape index (κ2) is 10.4. The highest BCUT2D eigenvalue weighted by Crippen LogP contribution is 2.35. The fraction of sp³-hybridized carbons (Fsp3) is 0.0714. The second-order valence-corrected chi connectivity index (χ2v) is 7.98. The highest BCUT2D eigenvalue weighted by Gasteiger charge is 2.16. The number of fused-ring (bicyclic) bond motifs is 1. The van der Waals surface area contributed by atoms with Gasteiger partial charge in [-0.1, -0.05) is 72.3 Å². The molecule has 0 aliphatic heterocycles. The lowest BCUT2D eigenvalue weighted by molar-refractivity contribution is 0.282. The fourth-order valence-electron chi connectivity index (χ4n) is 3.90. The predicted octanol–water partition coefficient (Wildman–Crippen LogP) is 5.64. The Morgan fingerprint density at radius 3 is 2.26 bits per heavy atom. The molecule has 170 valence electrons. The zero-order chi connectivity index (χ0) is 24.1. The van der Waals surface area contributed by atoms with Crippen molar-refractivity contribution in [1.82, 2.24) is 9.97 Å². The summed E-state index contributed by atoms with van der Waals surface area (Å²) in [6, 6.07) is 26.9. The lowest BCUT2D eigenvalue weighted by Crippen LogP contribution is -2.08.